The molecule has 0 atom stereocenters. The second kappa shape index (κ2) is 5.92. The van der Waals surface area contributed by atoms with Crippen LogP contribution < -0.4 is 0 Å². The molecular weight excluding hydrogens is 236 g/mol. The van der Waals surface area contributed by atoms with Gasteiger partial charge in [0.25, 0.3) is 0 Å². The molecule has 0 radical (unpaired) electrons. The Hall–Kier alpha value is -1.47. The molecule has 1 aliphatic heterocycles. The van der Waals surface area contributed by atoms with Gasteiger partial charge in [-0.05, 0) is 13.3 Å². The molecule has 1 N–H and O–H groups in total. The van der Waals surface area contributed by atoms with Gasteiger partial charge in [0.15, 0.2) is 5.69 Å². The average Bonchev–Trinajstić information content (AvgIpc) is 2.75. The second-order valence-electron chi connectivity index (χ2n) is 4.35. The van der Waals surface area contributed by atoms with E-state index < -0.39 is 5.97 Å². The fourth-order valence-corrected chi connectivity index (χ4v) is 1.98. The summed E-state index contributed by atoms with van der Waals surface area (Å²) in [5, 5.41) is 16.2. The lowest BCUT2D eigenvalue weighted by molar-refractivity contribution is 0.0688. The first kappa shape index (κ1) is 13.0. The summed E-state index contributed by atoms with van der Waals surface area (Å²) in [6, 6.07) is 0.248. The maximum absolute atomic E-state index is 10.7. The number of nitrogens with zero attached hydrogens (tertiary/aromatic N) is 4. The van der Waals surface area contributed by atoms with Crippen LogP contribution in [0.3, 0.4) is 0 Å². The Morgan fingerprint density at radius 2 is 2.39 bits per heavy atom. The highest BCUT2D eigenvalue weighted by molar-refractivity contribution is 5.84. The van der Waals surface area contributed by atoms with E-state index in [4.69, 9.17) is 9.84 Å². The van der Waals surface area contributed by atoms with E-state index in [0.29, 0.717) is 0 Å². The number of ether oxygens (including phenoxy) is 1. The molecule has 0 aromatic carbocycles. The molecule has 1 saturated heterocycles. The van der Waals surface area contributed by atoms with E-state index in [2.05, 4.69) is 15.2 Å². The molecule has 2 heterocycles. The highest BCUT2D eigenvalue weighted by Crippen LogP contribution is 2.20. The van der Waals surface area contributed by atoms with Crippen molar-refractivity contribution < 1.29 is 14.6 Å². The predicted octanol–water partition coefficient (Wildman–Crippen LogP) is 0.260. The van der Waals surface area contributed by atoms with Gasteiger partial charge >= 0.3 is 5.97 Å². The summed E-state index contributed by atoms with van der Waals surface area (Å²) < 4.78 is 6.92. The molecule has 0 saturated carbocycles. The van der Waals surface area contributed by atoms with Crippen LogP contribution in [0.5, 0.6) is 0 Å². The maximum atomic E-state index is 10.7. The molecule has 1 aromatic rings. The van der Waals surface area contributed by atoms with Gasteiger partial charge in [-0.15, -0.1) is 5.10 Å². The molecule has 7 heteroatoms. The van der Waals surface area contributed by atoms with Crippen LogP contribution in [0.15, 0.2) is 6.20 Å². The van der Waals surface area contributed by atoms with Crippen LogP contribution >= 0.6 is 0 Å². The topological polar surface area (TPSA) is 80.5 Å². The van der Waals surface area contributed by atoms with Crippen LogP contribution in [0.4, 0.5) is 0 Å². The van der Waals surface area contributed by atoms with Crippen LogP contribution in [0.1, 0.15) is 29.9 Å². The first-order chi connectivity index (χ1) is 8.70. The first-order valence-corrected chi connectivity index (χ1v) is 6.16. The number of carbonyl (C=O) groups is 1. The van der Waals surface area contributed by atoms with E-state index >= 15 is 0 Å². The quantitative estimate of drug-likeness (QED) is 0.703. The van der Waals surface area contributed by atoms with Crippen molar-refractivity contribution >= 4 is 5.97 Å². The Morgan fingerprint density at radius 1 is 1.61 bits per heavy atom. The van der Waals surface area contributed by atoms with Gasteiger partial charge in [0.05, 0.1) is 12.2 Å². The van der Waals surface area contributed by atoms with E-state index in [1.165, 1.54) is 6.20 Å². The molecule has 100 valence electrons. The van der Waals surface area contributed by atoms with E-state index in [0.717, 1.165) is 39.3 Å². The molecule has 1 aromatic heterocycles. The summed E-state index contributed by atoms with van der Waals surface area (Å²) in [5.74, 6) is -1.03. The van der Waals surface area contributed by atoms with Gasteiger partial charge in [-0.2, -0.15) is 0 Å². The van der Waals surface area contributed by atoms with Gasteiger partial charge in [0, 0.05) is 32.8 Å². The largest absolute Gasteiger partial charge is 0.476 e. The summed E-state index contributed by atoms with van der Waals surface area (Å²) in [6.45, 7) is 6.36. The van der Waals surface area contributed by atoms with Crippen LogP contribution in [-0.2, 0) is 4.74 Å². The van der Waals surface area contributed by atoms with Crippen LogP contribution in [0.2, 0.25) is 0 Å². The Kier molecular flexibility index (Phi) is 4.27. The van der Waals surface area contributed by atoms with Crippen molar-refractivity contribution in [3.63, 3.8) is 0 Å². The molecule has 18 heavy (non-hydrogen) atoms. The minimum absolute atomic E-state index is 0.00444. The normalized spacial score (nSPS) is 16.7. The molecular formula is C11H18N4O3. The minimum Gasteiger partial charge on any atom is -0.476 e. The van der Waals surface area contributed by atoms with Crippen molar-refractivity contribution in [1.82, 2.24) is 19.9 Å². The second-order valence-corrected chi connectivity index (χ2v) is 4.35. The molecule has 0 amide bonds. The highest BCUT2D eigenvalue weighted by Gasteiger charge is 2.29. The van der Waals surface area contributed by atoms with Crippen molar-refractivity contribution in [1.29, 1.82) is 0 Å². The van der Waals surface area contributed by atoms with Crippen molar-refractivity contribution in [3.8, 4) is 0 Å². The number of carboxylic acid groups (broad SMARTS) is 1. The minimum atomic E-state index is -1.03. The number of rotatable bonds is 7. The van der Waals surface area contributed by atoms with E-state index in [1.807, 2.05) is 6.92 Å². The zero-order chi connectivity index (χ0) is 13.0. The van der Waals surface area contributed by atoms with Crippen molar-refractivity contribution in [2.24, 2.45) is 0 Å². The Labute approximate surface area is 105 Å². The third kappa shape index (κ3) is 3.05. The Bertz CT molecular complexity index is 401. The van der Waals surface area contributed by atoms with Crippen molar-refractivity contribution in [2.75, 3.05) is 32.8 Å². The van der Waals surface area contributed by atoms with Crippen LogP contribution in [0, 0.1) is 0 Å². The average molecular weight is 254 g/mol. The summed E-state index contributed by atoms with van der Waals surface area (Å²) in [6.07, 6.45) is 2.52. The van der Waals surface area contributed by atoms with Gasteiger partial charge in [0.2, 0.25) is 0 Å². The standard InChI is InChI=1S/C11H18N4O3/c1-2-18-5-3-4-14-6-9(7-14)15-8-10(11(16)17)12-13-15/h8-9H,2-7H2,1H3,(H,16,17). The van der Waals surface area contributed by atoms with Gasteiger partial charge in [-0.3, -0.25) is 4.90 Å². The van der Waals surface area contributed by atoms with Crippen molar-refractivity contribution in [2.45, 2.75) is 19.4 Å². The number of likely N-dealkylation sites (tertiary alicyclic amines) is 1. The van der Waals surface area contributed by atoms with Gasteiger partial charge in [-0.1, -0.05) is 5.21 Å². The predicted molar refractivity (Wildman–Crippen MR) is 63.6 cm³/mol. The molecule has 0 aliphatic carbocycles. The third-order valence-corrected chi connectivity index (χ3v) is 3.01. The summed E-state index contributed by atoms with van der Waals surface area (Å²) in [7, 11) is 0. The summed E-state index contributed by atoms with van der Waals surface area (Å²) >= 11 is 0. The molecule has 7 nitrogen and oxygen atoms in total. The molecule has 2 rings (SSSR count). The molecule has 1 fully saturated rings. The first-order valence-electron chi connectivity index (χ1n) is 6.16. The zero-order valence-corrected chi connectivity index (χ0v) is 10.4. The van der Waals surface area contributed by atoms with E-state index in [9.17, 15) is 4.79 Å². The number of aromatic nitrogens is 3. The fourth-order valence-electron chi connectivity index (χ4n) is 1.98. The lowest BCUT2D eigenvalue weighted by Gasteiger charge is -2.38. The summed E-state index contributed by atoms with van der Waals surface area (Å²) in [5.41, 5.74) is 0.00444. The van der Waals surface area contributed by atoms with Gasteiger partial charge in [0.1, 0.15) is 0 Å². The van der Waals surface area contributed by atoms with Gasteiger partial charge < -0.3 is 9.84 Å². The number of hydrogen-bond donors (Lipinski definition) is 1. The SMILES string of the molecule is CCOCCCN1CC(n2cc(C(=O)O)nn2)C1. The van der Waals surface area contributed by atoms with Gasteiger partial charge in [-0.25, -0.2) is 9.48 Å². The smallest absolute Gasteiger partial charge is 0.358 e. The fraction of sp³-hybridized carbons (Fsp3) is 0.727. The molecule has 0 spiro atoms. The maximum Gasteiger partial charge on any atom is 0.358 e. The third-order valence-electron chi connectivity index (χ3n) is 3.01. The Balaban J connectivity index is 1.70. The lowest BCUT2D eigenvalue weighted by Crippen LogP contribution is -2.48. The van der Waals surface area contributed by atoms with Crippen LogP contribution in [0.25, 0.3) is 0 Å². The number of aromatic carboxylic acids is 1. The van der Waals surface area contributed by atoms with E-state index in [1.54, 1.807) is 4.68 Å². The molecule has 1 aliphatic rings. The highest BCUT2D eigenvalue weighted by atomic mass is 16.5. The Morgan fingerprint density at radius 3 is 3.00 bits per heavy atom. The zero-order valence-electron chi connectivity index (χ0n) is 10.4. The van der Waals surface area contributed by atoms with Crippen molar-refractivity contribution in [3.05, 3.63) is 11.9 Å². The number of hydrogen-bond acceptors (Lipinski definition) is 5. The van der Waals surface area contributed by atoms with Crippen LogP contribution in [-0.4, -0.2) is 63.8 Å². The summed E-state index contributed by atoms with van der Waals surface area (Å²) in [4.78, 5) is 13.0. The molecule has 0 bridgehead atoms. The lowest BCUT2D eigenvalue weighted by atomic mass is 10.1. The molecule has 0 unspecified atom stereocenters. The monoisotopic (exact) mass is 254 g/mol. The number of carboxylic acids is 1. The van der Waals surface area contributed by atoms with E-state index in [-0.39, 0.29) is 11.7 Å².